The van der Waals surface area contributed by atoms with E-state index in [1.165, 1.54) is 0 Å². The summed E-state index contributed by atoms with van der Waals surface area (Å²) in [5.41, 5.74) is 3.83. The molecule has 3 aromatic heterocycles. The van der Waals surface area contributed by atoms with Gasteiger partial charge in [0.1, 0.15) is 0 Å². The van der Waals surface area contributed by atoms with Gasteiger partial charge in [-0.05, 0) is 25.0 Å². The fourth-order valence-electron chi connectivity index (χ4n) is 3.75. The van der Waals surface area contributed by atoms with Crippen molar-refractivity contribution in [3.05, 3.63) is 22.5 Å². The summed E-state index contributed by atoms with van der Waals surface area (Å²) in [6.45, 7) is 7.97. The number of pyridine rings is 1. The molecule has 9 heteroatoms. The average Bonchev–Trinajstić information content (AvgIpc) is 3.26. The van der Waals surface area contributed by atoms with Crippen molar-refractivity contribution in [2.75, 3.05) is 44.9 Å². The zero-order valence-electron chi connectivity index (χ0n) is 17.2. The van der Waals surface area contributed by atoms with Gasteiger partial charge in [-0.3, -0.25) is 4.68 Å². The summed E-state index contributed by atoms with van der Waals surface area (Å²) < 4.78 is 12.7. The Morgan fingerprint density at radius 3 is 2.76 bits per heavy atom. The SMILES string of the molecule is CCC(COC)c1nn(C)c2nc(-c3sc(N4CCOCC4)nc3Cl)c(C)cc12. The van der Waals surface area contributed by atoms with Gasteiger partial charge in [0, 0.05) is 38.6 Å². The molecular weight excluding hydrogens is 410 g/mol. The smallest absolute Gasteiger partial charge is 0.187 e. The first-order valence-electron chi connectivity index (χ1n) is 9.86. The summed E-state index contributed by atoms with van der Waals surface area (Å²) in [6.07, 6.45) is 0.963. The molecule has 4 heterocycles. The molecule has 156 valence electrons. The number of methoxy groups -OCH3 is 1. The second-order valence-corrected chi connectivity index (χ2v) is 8.65. The molecule has 0 amide bonds. The van der Waals surface area contributed by atoms with Crippen molar-refractivity contribution in [1.82, 2.24) is 19.7 Å². The van der Waals surface area contributed by atoms with Crippen molar-refractivity contribution in [1.29, 1.82) is 0 Å². The third-order valence-corrected chi connectivity index (χ3v) is 6.86. The van der Waals surface area contributed by atoms with E-state index in [2.05, 4.69) is 29.8 Å². The van der Waals surface area contributed by atoms with Gasteiger partial charge in [0.25, 0.3) is 0 Å². The fraction of sp³-hybridized carbons (Fsp3) is 0.550. The molecular formula is C20H26ClN5O2S. The molecule has 0 saturated carbocycles. The summed E-state index contributed by atoms with van der Waals surface area (Å²) in [4.78, 5) is 12.7. The quantitative estimate of drug-likeness (QED) is 0.582. The molecule has 3 aromatic rings. The monoisotopic (exact) mass is 435 g/mol. The van der Waals surface area contributed by atoms with Crippen LogP contribution in [0.25, 0.3) is 21.6 Å². The van der Waals surface area contributed by atoms with Crippen LogP contribution in [0.5, 0.6) is 0 Å². The Hall–Kier alpha value is -1.74. The summed E-state index contributed by atoms with van der Waals surface area (Å²) in [7, 11) is 3.66. The highest BCUT2D eigenvalue weighted by Gasteiger charge is 2.23. The molecule has 4 rings (SSSR count). The highest BCUT2D eigenvalue weighted by atomic mass is 35.5. The standard InChI is InChI=1S/C20H26ClN5O2S/c1-5-13(11-27-4)16-14-10-12(2)15(22-19(14)25(3)24-16)17-18(21)23-20(29-17)26-6-8-28-9-7-26/h10,13H,5-9,11H2,1-4H3. The molecule has 0 aliphatic carbocycles. The number of nitrogens with zero attached hydrogens (tertiary/aromatic N) is 5. The van der Waals surface area contributed by atoms with E-state index in [1.54, 1.807) is 18.4 Å². The summed E-state index contributed by atoms with van der Waals surface area (Å²) in [6, 6.07) is 2.17. The lowest BCUT2D eigenvalue weighted by Gasteiger charge is -2.25. The second-order valence-electron chi connectivity index (χ2n) is 7.31. The van der Waals surface area contributed by atoms with Gasteiger partial charge in [0.15, 0.2) is 15.9 Å². The zero-order valence-corrected chi connectivity index (χ0v) is 18.8. The topological polar surface area (TPSA) is 65.3 Å². The number of ether oxygens (including phenoxy) is 2. The molecule has 1 saturated heterocycles. The molecule has 0 bridgehead atoms. The van der Waals surface area contributed by atoms with Crippen molar-refractivity contribution in [2.24, 2.45) is 7.05 Å². The molecule has 1 aliphatic rings. The first kappa shape index (κ1) is 20.5. The number of anilines is 1. The third kappa shape index (κ3) is 3.86. The Balaban J connectivity index is 1.77. The summed E-state index contributed by atoms with van der Waals surface area (Å²) in [5, 5.41) is 7.26. The van der Waals surface area contributed by atoms with E-state index in [1.807, 2.05) is 11.7 Å². The van der Waals surface area contributed by atoms with Gasteiger partial charge in [0.05, 0.1) is 36.1 Å². The lowest BCUT2D eigenvalue weighted by Crippen LogP contribution is -2.36. The number of aromatic nitrogens is 4. The predicted octanol–water partition coefficient (Wildman–Crippen LogP) is 4.03. The molecule has 0 spiro atoms. The van der Waals surface area contributed by atoms with Crippen molar-refractivity contribution in [3.63, 3.8) is 0 Å². The number of fused-ring (bicyclic) bond motifs is 1. The zero-order chi connectivity index (χ0) is 20.5. The van der Waals surface area contributed by atoms with Crippen molar-refractivity contribution in [3.8, 4) is 10.6 Å². The van der Waals surface area contributed by atoms with Crippen LogP contribution in [0.15, 0.2) is 6.07 Å². The number of rotatable bonds is 6. The number of thiazole rings is 1. The average molecular weight is 436 g/mol. The van der Waals surface area contributed by atoms with Gasteiger partial charge in [-0.1, -0.05) is 29.9 Å². The number of halogens is 1. The van der Waals surface area contributed by atoms with Crippen LogP contribution in [0.2, 0.25) is 5.15 Å². The molecule has 0 aromatic carbocycles. The number of hydrogen-bond donors (Lipinski definition) is 0. The van der Waals surface area contributed by atoms with Crippen LogP contribution >= 0.6 is 22.9 Å². The maximum absolute atomic E-state index is 6.54. The maximum atomic E-state index is 6.54. The Morgan fingerprint density at radius 1 is 1.31 bits per heavy atom. The van der Waals surface area contributed by atoms with Gasteiger partial charge in [-0.25, -0.2) is 9.97 Å². The molecule has 0 N–H and O–H groups in total. The van der Waals surface area contributed by atoms with Crippen LogP contribution in [0.3, 0.4) is 0 Å². The van der Waals surface area contributed by atoms with E-state index in [4.69, 9.17) is 31.2 Å². The number of aryl methyl sites for hydroxylation is 2. The van der Waals surface area contributed by atoms with Gasteiger partial charge in [-0.15, -0.1) is 0 Å². The Labute approximate surface area is 179 Å². The Kier molecular flexibility index (Phi) is 6.06. The van der Waals surface area contributed by atoms with Crippen LogP contribution in [0, 0.1) is 6.92 Å². The van der Waals surface area contributed by atoms with Gasteiger partial charge < -0.3 is 14.4 Å². The molecule has 1 aliphatic heterocycles. The predicted molar refractivity (Wildman–Crippen MR) is 117 cm³/mol. The minimum Gasteiger partial charge on any atom is -0.384 e. The van der Waals surface area contributed by atoms with E-state index >= 15 is 0 Å². The van der Waals surface area contributed by atoms with Crippen LogP contribution in [-0.4, -0.2) is 59.8 Å². The molecule has 1 atom stereocenters. The van der Waals surface area contributed by atoms with Crippen LogP contribution in [0.4, 0.5) is 5.13 Å². The van der Waals surface area contributed by atoms with Gasteiger partial charge >= 0.3 is 0 Å². The lowest BCUT2D eigenvalue weighted by atomic mass is 10.00. The highest BCUT2D eigenvalue weighted by Crippen LogP contribution is 2.40. The second kappa shape index (κ2) is 8.55. The highest BCUT2D eigenvalue weighted by molar-refractivity contribution is 7.19. The number of morpholine rings is 1. The lowest BCUT2D eigenvalue weighted by molar-refractivity contribution is 0.122. The summed E-state index contributed by atoms with van der Waals surface area (Å²) in [5.74, 6) is 0.246. The maximum Gasteiger partial charge on any atom is 0.187 e. The Bertz CT molecular complexity index is 1010. The van der Waals surface area contributed by atoms with Crippen molar-refractivity contribution in [2.45, 2.75) is 26.2 Å². The van der Waals surface area contributed by atoms with Crippen LogP contribution in [0.1, 0.15) is 30.5 Å². The van der Waals surface area contributed by atoms with E-state index < -0.39 is 0 Å². The minimum absolute atomic E-state index is 0.246. The first-order chi connectivity index (χ1) is 14.0. The molecule has 29 heavy (non-hydrogen) atoms. The van der Waals surface area contributed by atoms with E-state index in [-0.39, 0.29) is 5.92 Å². The van der Waals surface area contributed by atoms with E-state index in [9.17, 15) is 0 Å². The fourth-order valence-corrected chi connectivity index (χ4v) is 5.15. The molecule has 7 nitrogen and oxygen atoms in total. The van der Waals surface area contributed by atoms with E-state index in [0.717, 1.165) is 57.5 Å². The van der Waals surface area contributed by atoms with Crippen molar-refractivity contribution >= 4 is 39.1 Å². The van der Waals surface area contributed by atoms with Gasteiger partial charge in [-0.2, -0.15) is 5.10 Å². The molecule has 0 radical (unpaired) electrons. The molecule has 1 unspecified atom stereocenters. The largest absolute Gasteiger partial charge is 0.384 e. The normalized spacial score (nSPS) is 16.0. The van der Waals surface area contributed by atoms with Crippen LogP contribution < -0.4 is 4.90 Å². The first-order valence-corrected chi connectivity index (χ1v) is 11.1. The van der Waals surface area contributed by atoms with Crippen molar-refractivity contribution < 1.29 is 9.47 Å². The minimum atomic E-state index is 0.246. The third-order valence-electron chi connectivity index (χ3n) is 5.35. The van der Waals surface area contributed by atoms with E-state index in [0.29, 0.717) is 25.0 Å². The molecule has 1 fully saturated rings. The number of hydrogen-bond acceptors (Lipinski definition) is 7. The summed E-state index contributed by atoms with van der Waals surface area (Å²) >= 11 is 8.13. The Morgan fingerprint density at radius 2 is 2.07 bits per heavy atom. The van der Waals surface area contributed by atoms with Gasteiger partial charge in [0.2, 0.25) is 0 Å². The van der Waals surface area contributed by atoms with Crippen LogP contribution in [-0.2, 0) is 16.5 Å².